The maximum Gasteiger partial charge on any atom is 0.211 e. The topological polar surface area (TPSA) is 68.2 Å². The van der Waals surface area contributed by atoms with E-state index in [1.54, 1.807) is 0 Å². The molecule has 0 aliphatic heterocycles. The minimum Gasteiger partial charge on any atom is -0.504 e. The average molecular weight is 467 g/mol. The Labute approximate surface area is 202 Å². The molecule has 0 bridgehead atoms. The van der Waals surface area contributed by atoms with Gasteiger partial charge in [-0.05, 0) is 32.1 Å². The lowest BCUT2D eigenvalue weighted by Crippen LogP contribution is -2.09. The van der Waals surface area contributed by atoms with Crippen molar-refractivity contribution < 1.29 is 24.4 Å². The molecule has 0 unspecified atom stereocenters. The van der Waals surface area contributed by atoms with Crippen LogP contribution in [0.25, 0.3) is 0 Å². The second kappa shape index (κ2) is 18.6. The highest BCUT2D eigenvalue weighted by molar-refractivity contribution is 5.69. The van der Waals surface area contributed by atoms with Crippen LogP contribution in [0.1, 0.15) is 123 Å². The third kappa shape index (κ3) is 10.8. The number of phenols is 2. The molecule has 0 amide bonds. The molecule has 0 aliphatic rings. The molecule has 5 nitrogen and oxygen atoms in total. The molecule has 33 heavy (non-hydrogen) atoms. The van der Waals surface area contributed by atoms with Crippen molar-refractivity contribution in [3.8, 4) is 28.7 Å². The average Bonchev–Trinajstić information content (AvgIpc) is 2.82. The molecule has 1 rings (SSSR count). The van der Waals surface area contributed by atoms with Gasteiger partial charge in [0.15, 0.2) is 11.5 Å². The van der Waals surface area contributed by atoms with Gasteiger partial charge in [0.05, 0.1) is 19.8 Å². The van der Waals surface area contributed by atoms with Crippen LogP contribution in [0.2, 0.25) is 0 Å². The zero-order valence-corrected chi connectivity index (χ0v) is 21.8. The highest BCUT2D eigenvalue weighted by atomic mass is 16.5. The van der Waals surface area contributed by atoms with Crippen LogP contribution in [0.4, 0.5) is 0 Å². The fourth-order valence-corrected chi connectivity index (χ4v) is 3.84. The molecule has 1 aromatic carbocycles. The number of ether oxygens (including phenoxy) is 3. The Balaban J connectivity index is 3.23. The summed E-state index contributed by atoms with van der Waals surface area (Å²) in [6.45, 7) is 10.2. The minimum absolute atomic E-state index is 0.123. The van der Waals surface area contributed by atoms with E-state index in [1.165, 1.54) is 19.3 Å². The predicted molar refractivity (Wildman–Crippen MR) is 137 cm³/mol. The number of aromatic hydroxyl groups is 2. The van der Waals surface area contributed by atoms with Gasteiger partial charge in [-0.3, -0.25) is 0 Å². The number of hydrogen-bond donors (Lipinski definition) is 2. The summed E-state index contributed by atoms with van der Waals surface area (Å²) >= 11 is 0. The van der Waals surface area contributed by atoms with Crippen LogP contribution in [-0.2, 0) is 6.42 Å². The number of rotatable bonds is 21. The Morgan fingerprint density at radius 3 is 1.39 bits per heavy atom. The third-order valence-corrected chi connectivity index (χ3v) is 5.92. The molecule has 0 aliphatic carbocycles. The van der Waals surface area contributed by atoms with Crippen LogP contribution in [0.3, 0.4) is 0 Å². The van der Waals surface area contributed by atoms with E-state index >= 15 is 0 Å². The molecule has 0 atom stereocenters. The first-order valence-corrected chi connectivity index (χ1v) is 13.6. The van der Waals surface area contributed by atoms with E-state index in [0.717, 1.165) is 70.6 Å². The van der Waals surface area contributed by atoms with Gasteiger partial charge in [0, 0.05) is 5.56 Å². The van der Waals surface area contributed by atoms with Crippen molar-refractivity contribution >= 4 is 0 Å². The SMILES string of the molecule is CCCCCCCc1c(O)c(O)c(OCCCCC)c(OCCCCC)c1OCCCCC. The van der Waals surface area contributed by atoms with E-state index in [4.69, 9.17) is 14.2 Å². The van der Waals surface area contributed by atoms with Crippen molar-refractivity contribution in [2.45, 2.75) is 124 Å². The van der Waals surface area contributed by atoms with Crippen LogP contribution in [-0.4, -0.2) is 30.0 Å². The number of unbranched alkanes of at least 4 members (excludes halogenated alkanes) is 10. The molecule has 0 fully saturated rings. The summed E-state index contributed by atoms with van der Waals surface area (Å²) in [6, 6.07) is 0. The maximum atomic E-state index is 10.9. The van der Waals surface area contributed by atoms with Crippen molar-refractivity contribution in [2.75, 3.05) is 19.8 Å². The van der Waals surface area contributed by atoms with Gasteiger partial charge in [0.2, 0.25) is 17.2 Å². The lowest BCUT2D eigenvalue weighted by molar-refractivity contribution is 0.223. The summed E-state index contributed by atoms with van der Waals surface area (Å²) in [7, 11) is 0. The summed E-state index contributed by atoms with van der Waals surface area (Å²) in [4.78, 5) is 0. The lowest BCUT2D eigenvalue weighted by atomic mass is 10.0. The number of phenolic OH excluding ortho intramolecular Hbond substituents is 2. The largest absolute Gasteiger partial charge is 0.504 e. The Bertz CT molecular complexity index is 629. The number of hydrogen-bond acceptors (Lipinski definition) is 5. The summed E-state index contributed by atoms with van der Waals surface area (Å²) in [5.41, 5.74) is 0.645. The van der Waals surface area contributed by atoms with Gasteiger partial charge in [-0.15, -0.1) is 0 Å². The summed E-state index contributed by atoms with van der Waals surface area (Å²) in [5, 5.41) is 21.8. The first-order valence-electron chi connectivity index (χ1n) is 13.6. The van der Waals surface area contributed by atoms with Gasteiger partial charge in [-0.25, -0.2) is 0 Å². The molecule has 0 saturated heterocycles. The maximum absolute atomic E-state index is 10.9. The molecule has 0 heterocycles. The third-order valence-electron chi connectivity index (χ3n) is 5.92. The van der Waals surface area contributed by atoms with E-state index in [2.05, 4.69) is 27.7 Å². The van der Waals surface area contributed by atoms with Crippen molar-refractivity contribution in [2.24, 2.45) is 0 Å². The fraction of sp³-hybridized carbons (Fsp3) is 0.786. The second-order valence-corrected chi connectivity index (χ2v) is 8.99. The van der Waals surface area contributed by atoms with E-state index in [1.807, 2.05) is 0 Å². The highest BCUT2D eigenvalue weighted by Crippen LogP contribution is 2.53. The smallest absolute Gasteiger partial charge is 0.211 e. The Kier molecular flexibility index (Phi) is 16.5. The van der Waals surface area contributed by atoms with E-state index in [0.29, 0.717) is 43.3 Å². The molecule has 0 radical (unpaired) electrons. The van der Waals surface area contributed by atoms with Crippen LogP contribution >= 0.6 is 0 Å². The first kappa shape index (κ1) is 29.3. The molecule has 192 valence electrons. The van der Waals surface area contributed by atoms with Crippen LogP contribution in [0, 0.1) is 0 Å². The molecular weight excluding hydrogens is 416 g/mol. The predicted octanol–water partition coefficient (Wildman–Crippen LogP) is 8.32. The van der Waals surface area contributed by atoms with Gasteiger partial charge in [-0.2, -0.15) is 0 Å². The van der Waals surface area contributed by atoms with Gasteiger partial charge >= 0.3 is 0 Å². The molecule has 0 spiro atoms. The molecule has 5 heteroatoms. The number of benzene rings is 1. The summed E-state index contributed by atoms with van der Waals surface area (Å²) in [5.74, 6) is 0.890. The Morgan fingerprint density at radius 2 is 0.879 bits per heavy atom. The first-order chi connectivity index (χ1) is 16.1. The van der Waals surface area contributed by atoms with Crippen molar-refractivity contribution in [3.05, 3.63) is 5.56 Å². The van der Waals surface area contributed by atoms with Crippen molar-refractivity contribution in [1.29, 1.82) is 0 Å². The Morgan fingerprint density at radius 1 is 0.455 bits per heavy atom. The molecule has 2 N–H and O–H groups in total. The van der Waals surface area contributed by atoms with Crippen molar-refractivity contribution in [1.82, 2.24) is 0 Å². The van der Waals surface area contributed by atoms with Gasteiger partial charge < -0.3 is 24.4 Å². The van der Waals surface area contributed by atoms with Crippen LogP contribution < -0.4 is 14.2 Å². The standard InChI is InChI=1S/C28H50O5/c1-5-9-13-14-15-19-23-24(29)25(30)27(32-21-17-11-7-3)28(33-22-18-12-8-4)26(23)31-20-16-10-6-2/h29-30H,5-22H2,1-4H3. The quantitative estimate of drug-likeness (QED) is 0.141. The lowest BCUT2D eigenvalue weighted by Gasteiger charge is -2.22. The monoisotopic (exact) mass is 466 g/mol. The zero-order valence-electron chi connectivity index (χ0n) is 21.8. The normalized spacial score (nSPS) is 11.0. The summed E-state index contributed by atoms with van der Waals surface area (Å²) < 4.78 is 18.4. The van der Waals surface area contributed by atoms with Crippen LogP contribution in [0.5, 0.6) is 28.7 Å². The summed E-state index contributed by atoms with van der Waals surface area (Å²) in [6.07, 6.45) is 15.5. The molecule has 0 saturated carbocycles. The van der Waals surface area contributed by atoms with E-state index < -0.39 is 0 Å². The van der Waals surface area contributed by atoms with Crippen molar-refractivity contribution in [3.63, 3.8) is 0 Å². The molecular formula is C28H50O5. The van der Waals surface area contributed by atoms with Gasteiger partial charge in [0.25, 0.3) is 0 Å². The zero-order chi connectivity index (χ0) is 24.3. The fourth-order valence-electron chi connectivity index (χ4n) is 3.84. The van der Waals surface area contributed by atoms with E-state index in [-0.39, 0.29) is 17.2 Å². The Hall–Kier alpha value is -1.78. The highest BCUT2D eigenvalue weighted by Gasteiger charge is 2.27. The van der Waals surface area contributed by atoms with Gasteiger partial charge in [-0.1, -0.05) is 91.9 Å². The minimum atomic E-state index is -0.221. The van der Waals surface area contributed by atoms with Crippen LogP contribution in [0.15, 0.2) is 0 Å². The van der Waals surface area contributed by atoms with Gasteiger partial charge in [0.1, 0.15) is 0 Å². The molecule has 1 aromatic rings. The molecule has 0 aromatic heterocycles. The van der Waals surface area contributed by atoms with E-state index in [9.17, 15) is 10.2 Å². The second-order valence-electron chi connectivity index (χ2n) is 8.99.